The minimum Gasteiger partial charge on any atom is -0.455 e. The number of hydrogen-bond donors (Lipinski definition) is 2. The molecule has 0 aromatic heterocycles. The molecule has 47 heavy (non-hydrogen) atoms. The molecule has 2 aromatic carbocycles. The lowest BCUT2D eigenvalue weighted by Crippen LogP contribution is -2.56. The van der Waals surface area contributed by atoms with E-state index in [0.29, 0.717) is 42.0 Å². The molecule has 3 amide bonds. The van der Waals surface area contributed by atoms with Crippen LogP contribution in [0, 0.1) is 11.8 Å². The molecule has 5 bridgehead atoms. The summed E-state index contributed by atoms with van der Waals surface area (Å²) in [5.74, 6) is -3.48. The van der Waals surface area contributed by atoms with Gasteiger partial charge < -0.3 is 29.7 Å². The predicted octanol–water partition coefficient (Wildman–Crippen LogP) is 4.13. The van der Waals surface area contributed by atoms with E-state index in [1.54, 1.807) is 53.1 Å². The Hall–Kier alpha value is -3.99. The van der Waals surface area contributed by atoms with Crippen molar-refractivity contribution in [2.75, 3.05) is 24.6 Å². The Bertz CT molecular complexity index is 1550. The number of anilines is 1. The largest absolute Gasteiger partial charge is 0.455 e. The highest BCUT2D eigenvalue weighted by Gasteiger charge is 2.73. The van der Waals surface area contributed by atoms with Gasteiger partial charge in [0, 0.05) is 36.8 Å². The average molecular weight is 662 g/mol. The van der Waals surface area contributed by atoms with Crippen LogP contribution in [0.1, 0.15) is 50.7 Å². The van der Waals surface area contributed by atoms with E-state index in [1.165, 1.54) is 0 Å². The number of ether oxygens (including phenoxy) is 2. The number of halogens is 1. The fourth-order valence-corrected chi connectivity index (χ4v) is 7.46. The Morgan fingerprint density at radius 3 is 2.49 bits per heavy atom. The molecule has 4 aliphatic heterocycles. The van der Waals surface area contributed by atoms with Crippen LogP contribution in [0.25, 0.3) is 0 Å². The second-order valence-corrected chi connectivity index (χ2v) is 13.0. The molecule has 0 radical (unpaired) electrons. The molecule has 0 aliphatic carbocycles. The SMILES string of the molecule is C[C@@H]1NC(=O)CC/C=C\CN(c2ccc(Cl)cc2)C(=O)[C@H]2N(CCCCCO)C(=O)[C@@H]3[C@@H](C(=O)O[C@H]1c1ccccc1)[C@H]1C=C[C@]32O1. The van der Waals surface area contributed by atoms with Crippen LogP contribution in [0.15, 0.2) is 78.9 Å². The van der Waals surface area contributed by atoms with E-state index < -0.39 is 47.7 Å². The van der Waals surface area contributed by atoms with Crippen molar-refractivity contribution in [2.24, 2.45) is 11.8 Å². The lowest BCUT2D eigenvalue weighted by molar-refractivity contribution is -0.161. The second kappa shape index (κ2) is 14.0. The van der Waals surface area contributed by atoms with E-state index >= 15 is 0 Å². The Balaban J connectivity index is 1.42. The zero-order valence-electron chi connectivity index (χ0n) is 26.3. The van der Waals surface area contributed by atoms with E-state index in [0.717, 1.165) is 0 Å². The Morgan fingerprint density at radius 1 is 0.979 bits per heavy atom. The third kappa shape index (κ3) is 6.34. The molecular weight excluding hydrogens is 622 g/mol. The number of likely N-dealkylation sites (tertiary alicyclic amines) is 1. The summed E-state index contributed by atoms with van der Waals surface area (Å²) in [7, 11) is 0. The maximum absolute atomic E-state index is 14.8. The summed E-state index contributed by atoms with van der Waals surface area (Å²) < 4.78 is 12.7. The van der Waals surface area contributed by atoms with Gasteiger partial charge >= 0.3 is 5.97 Å². The first kappa shape index (κ1) is 32.9. The molecular formula is C36H40ClN3O7. The molecule has 2 fully saturated rings. The number of aliphatic hydroxyl groups excluding tert-OH is 1. The summed E-state index contributed by atoms with van der Waals surface area (Å²) >= 11 is 6.19. The number of fused-ring (bicyclic) bond motifs is 2. The van der Waals surface area contributed by atoms with Crippen molar-refractivity contribution in [1.29, 1.82) is 0 Å². The summed E-state index contributed by atoms with van der Waals surface area (Å²) in [5.41, 5.74) is -0.0841. The van der Waals surface area contributed by atoms with Crippen molar-refractivity contribution in [2.45, 2.75) is 68.9 Å². The number of esters is 1. The maximum Gasteiger partial charge on any atom is 0.313 e. The summed E-state index contributed by atoms with van der Waals surface area (Å²) in [4.78, 5) is 59.5. The summed E-state index contributed by atoms with van der Waals surface area (Å²) in [6, 6.07) is 14.5. The molecule has 4 heterocycles. The molecule has 0 unspecified atom stereocenters. The molecule has 2 saturated heterocycles. The zero-order chi connectivity index (χ0) is 33.1. The van der Waals surface area contributed by atoms with Crippen molar-refractivity contribution in [3.8, 4) is 0 Å². The fourth-order valence-electron chi connectivity index (χ4n) is 7.34. The van der Waals surface area contributed by atoms with Gasteiger partial charge in [-0.25, -0.2) is 0 Å². The quantitative estimate of drug-likeness (QED) is 0.260. The number of amides is 3. The van der Waals surface area contributed by atoms with Gasteiger partial charge in [0.25, 0.3) is 5.91 Å². The van der Waals surface area contributed by atoms with Gasteiger partial charge in [-0.3, -0.25) is 19.2 Å². The summed E-state index contributed by atoms with van der Waals surface area (Å²) in [6.45, 7) is 2.26. The number of hydrogen-bond acceptors (Lipinski definition) is 7. The number of cyclic esters (lactones) is 1. The highest BCUT2D eigenvalue weighted by Crippen LogP contribution is 2.56. The van der Waals surface area contributed by atoms with E-state index in [4.69, 9.17) is 21.1 Å². The van der Waals surface area contributed by atoms with E-state index in [1.807, 2.05) is 42.5 Å². The molecule has 2 aromatic rings. The minimum absolute atomic E-state index is 0.0302. The average Bonchev–Trinajstić information content (AvgIpc) is 3.71. The van der Waals surface area contributed by atoms with Gasteiger partial charge in [0.15, 0.2) is 0 Å². The van der Waals surface area contributed by atoms with Gasteiger partial charge in [0.2, 0.25) is 11.8 Å². The first-order valence-electron chi connectivity index (χ1n) is 16.3. The normalized spacial score (nSPS) is 31.6. The number of rotatable bonds is 7. The maximum atomic E-state index is 14.8. The Kier molecular flexibility index (Phi) is 9.82. The lowest BCUT2D eigenvalue weighted by Gasteiger charge is -2.36. The van der Waals surface area contributed by atoms with Gasteiger partial charge in [0.05, 0.1) is 18.1 Å². The molecule has 4 aliphatic rings. The van der Waals surface area contributed by atoms with Gasteiger partial charge in [-0.2, -0.15) is 0 Å². The number of carbonyl (C=O) groups is 4. The number of allylic oxidation sites excluding steroid dienone is 1. The van der Waals surface area contributed by atoms with Crippen molar-refractivity contribution >= 4 is 41.0 Å². The number of aliphatic hydroxyl groups is 1. The van der Waals surface area contributed by atoms with E-state index in [9.17, 15) is 24.3 Å². The van der Waals surface area contributed by atoms with Gasteiger partial charge in [-0.1, -0.05) is 66.2 Å². The molecule has 1 spiro atoms. The van der Waals surface area contributed by atoms with Gasteiger partial charge in [0.1, 0.15) is 23.7 Å². The predicted molar refractivity (Wildman–Crippen MR) is 175 cm³/mol. The first-order chi connectivity index (χ1) is 22.7. The van der Waals surface area contributed by atoms with Crippen LogP contribution >= 0.6 is 11.6 Å². The monoisotopic (exact) mass is 661 g/mol. The number of carbonyl (C=O) groups excluding carboxylic acids is 4. The first-order valence-corrected chi connectivity index (χ1v) is 16.7. The molecule has 10 nitrogen and oxygen atoms in total. The van der Waals surface area contributed by atoms with Crippen LogP contribution in [0.3, 0.4) is 0 Å². The summed E-state index contributed by atoms with van der Waals surface area (Å²) in [5, 5.41) is 12.8. The topological polar surface area (TPSA) is 125 Å². The standard InChI is InChI=1S/C36H40ClN3O7/c1-23-31(24-11-5-2-6-12-24)46-35(45)29-27-18-19-36(47-27)30(29)33(43)40(21-9-4-10-22-41)32(36)34(44)39(26-16-14-25(37)15-17-26)20-8-3-7-13-28(42)38-23/h2-3,5-6,8,11-12,14-19,23,27,29-32,41H,4,7,9-10,13,20-22H2,1H3,(H,38,42)/b8-3-/t23-,27+,29-,30-,31+,32+,36-/m0/s1. The van der Waals surface area contributed by atoms with Crippen LogP contribution in [-0.4, -0.2) is 77.2 Å². The van der Waals surface area contributed by atoms with E-state index in [-0.39, 0.29) is 43.8 Å². The lowest BCUT2D eigenvalue weighted by atomic mass is 9.74. The highest BCUT2D eigenvalue weighted by molar-refractivity contribution is 6.30. The van der Waals surface area contributed by atoms with Gasteiger partial charge in [-0.05, 0) is 62.4 Å². The number of unbranched alkanes of at least 4 members (excludes halogenated alkanes) is 2. The summed E-state index contributed by atoms with van der Waals surface area (Å²) in [6.07, 6.45) is 8.09. The van der Waals surface area contributed by atoms with Crippen LogP contribution in [0.4, 0.5) is 5.69 Å². The Labute approximate surface area is 279 Å². The van der Waals surface area contributed by atoms with Gasteiger partial charge in [-0.15, -0.1) is 0 Å². The number of benzene rings is 2. The molecule has 11 heteroatoms. The van der Waals surface area contributed by atoms with Crippen LogP contribution in [0.5, 0.6) is 0 Å². The van der Waals surface area contributed by atoms with Crippen LogP contribution in [-0.2, 0) is 28.7 Å². The van der Waals surface area contributed by atoms with Crippen LogP contribution in [0.2, 0.25) is 5.02 Å². The molecule has 248 valence electrons. The number of nitrogens with zero attached hydrogens (tertiary/aromatic N) is 2. The third-order valence-electron chi connectivity index (χ3n) is 9.55. The molecule has 0 saturated carbocycles. The van der Waals surface area contributed by atoms with Crippen molar-refractivity contribution in [3.63, 3.8) is 0 Å². The van der Waals surface area contributed by atoms with Crippen LogP contribution < -0.4 is 10.2 Å². The minimum atomic E-state index is -1.37. The molecule has 6 rings (SSSR count). The van der Waals surface area contributed by atoms with Crippen molar-refractivity contribution < 1.29 is 33.8 Å². The number of nitrogens with one attached hydrogen (secondary N) is 1. The fraction of sp³-hybridized carbons (Fsp3) is 0.444. The third-order valence-corrected chi connectivity index (χ3v) is 9.80. The molecule has 2 N–H and O–H groups in total. The second-order valence-electron chi connectivity index (χ2n) is 12.6. The van der Waals surface area contributed by atoms with Crippen molar-refractivity contribution in [1.82, 2.24) is 10.2 Å². The highest BCUT2D eigenvalue weighted by atomic mass is 35.5. The Morgan fingerprint density at radius 2 is 1.74 bits per heavy atom. The van der Waals surface area contributed by atoms with Crippen molar-refractivity contribution in [3.05, 3.63) is 89.5 Å². The van der Waals surface area contributed by atoms with E-state index in [2.05, 4.69) is 5.32 Å². The zero-order valence-corrected chi connectivity index (χ0v) is 27.1. The molecule has 7 atom stereocenters. The smallest absolute Gasteiger partial charge is 0.313 e.